The number of furan rings is 1. The van der Waals surface area contributed by atoms with E-state index in [0.29, 0.717) is 38.5 Å². The van der Waals surface area contributed by atoms with Gasteiger partial charge in [-0.3, -0.25) is 14.5 Å². The van der Waals surface area contributed by atoms with Crippen LogP contribution in [0.25, 0.3) is 0 Å². The molecular formula is C20H24FN3O3. The number of hydrogen-bond donors (Lipinski definition) is 0. The second-order valence-electron chi connectivity index (χ2n) is 6.82. The van der Waals surface area contributed by atoms with Crippen molar-refractivity contribution in [3.8, 4) is 0 Å². The van der Waals surface area contributed by atoms with Crippen molar-refractivity contribution in [2.24, 2.45) is 0 Å². The lowest BCUT2D eigenvalue weighted by molar-refractivity contribution is -0.137. The van der Waals surface area contributed by atoms with Crippen molar-refractivity contribution in [3.63, 3.8) is 0 Å². The van der Waals surface area contributed by atoms with Gasteiger partial charge < -0.3 is 14.2 Å². The van der Waals surface area contributed by atoms with E-state index in [1.54, 1.807) is 28.0 Å². The number of likely N-dealkylation sites (N-methyl/N-ethyl adjacent to an activating group) is 1. The molecule has 6 nitrogen and oxygen atoms in total. The molecule has 2 aromatic rings. The molecule has 1 aliphatic heterocycles. The van der Waals surface area contributed by atoms with Crippen LogP contribution < -0.4 is 0 Å². The van der Waals surface area contributed by atoms with E-state index in [2.05, 4.69) is 0 Å². The van der Waals surface area contributed by atoms with Gasteiger partial charge in [-0.25, -0.2) is 4.39 Å². The summed E-state index contributed by atoms with van der Waals surface area (Å²) in [5, 5.41) is 0. The first-order chi connectivity index (χ1) is 13.0. The van der Waals surface area contributed by atoms with Crippen LogP contribution in [0, 0.1) is 5.82 Å². The van der Waals surface area contributed by atoms with Crippen LogP contribution in [0.1, 0.15) is 23.0 Å². The lowest BCUT2D eigenvalue weighted by Crippen LogP contribution is -2.54. The van der Waals surface area contributed by atoms with Gasteiger partial charge in [0, 0.05) is 32.7 Å². The largest absolute Gasteiger partial charge is 0.459 e. The molecule has 1 aliphatic rings. The SMILES string of the molecule is CC(C(=O)N1CCN(C(=O)c2ccco2)CC1)N(C)Cc1cccc(F)c1. The van der Waals surface area contributed by atoms with Crippen molar-refractivity contribution in [2.45, 2.75) is 19.5 Å². The van der Waals surface area contributed by atoms with Gasteiger partial charge >= 0.3 is 0 Å². The summed E-state index contributed by atoms with van der Waals surface area (Å²) in [5.74, 6) is -0.0995. The normalized spacial score (nSPS) is 15.9. The summed E-state index contributed by atoms with van der Waals surface area (Å²) in [5.41, 5.74) is 0.825. The fourth-order valence-corrected chi connectivity index (χ4v) is 3.20. The van der Waals surface area contributed by atoms with Gasteiger partial charge in [0.25, 0.3) is 5.91 Å². The standard InChI is InChI=1S/C20H24FN3O3/c1-15(22(2)14-16-5-3-6-17(21)13-16)19(25)23-8-10-24(11-9-23)20(26)18-7-4-12-27-18/h3-7,12-13,15H,8-11,14H2,1-2H3. The zero-order valence-corrected chi connectivity index (χ0v) is 15.6. The zero-order valence-electron chi connectivity index (χ0n) is 15.6. The Hall–Kier alpha value is -2.67. The molecule has 3 rings (SSSR count). The summed E-state index contributed by atoms with van der Waals surface area (Å²) in [4.78, 5) is 30.5. The number of halogens is 1. The highest BCUT2D eigenvalue weighted by molar-refractivity contribution is 5.91. The van der Waals surface area contributed by atoms with E-state index in [-0.39, 0.29) is 23.7 Å². The number of carbonyl (C=O) groups is 2. The minimum atomic E-state index is -0.333. The number of rotatable bonds is 5. The number of amides is 2. The number of benzene rings is 1. The van der Waals surface area contributed by atoms with Crippen LogP contribution in [0.3, 0.4) is 0 Å². The third kappa shape index (κ3) is 4.54. The summed E-state index contributed by atoms with van der Waals surface area (Å²) in [7, 11) is 1.85. The van der Waals surface area contributed by atoms with Crippen molar-refractivity contribution in [1.29, 1.82) is 0 Å². The van der Waals surface area contributed by atoms with Crippen molar-refractivity contribution >= 4 is 11.8 Å². The predicted molar refractivity (Wildman–Crippen MR) is 98.5 cm³/mol. The van der Waals surface area contributed by atoms with Crippen LogP contribution >= 0.6 is 0 Å². The second-order valence-corrected chi connectivity index (χ2v) is 6.82. The highest BCUT2D eigenvalue weighted by atomic mass is 19.1. The van der Waals surface area contributed by atoms with Gasteiger partial charge in [-0.1, -0.05) is 12.1 Å². The average molecular weight is 373 g/mol. The molecule has 0 spiro atoms. The van der Waals surface area contributed by atoms with Gasteiger partial charge in [0.2, 0.25) is 5.91 Å². The van der Waals surface area contributed by atoms with E-state index < -0.39 is 0 Å². The molecule has 1 atom stereocenters. The number of nitrogens with zero attached hydrogens (tertiary/aromatic N) is 3. The first-order valence-corrected chi connectivity index (χ1v) is 9.02. The van der Waals surface area contributed by atoms with Crippen LogP contribution in [0.2, 0.25) is 0 Å². The van der Waals surface area contributed by atoms with Crippen LogP contribution in [0.15, 0.2) is 47.1 Å². The Labute approximate surface area is 158 Å². The molecule has 7 heteroatoms. The zero-order chi connectivity index (χ0) is 19.4. The molecule has 0 aliphatic carbocycles. The molecule has 0 N–H and O–H groups in total. The highest BCUT2D eigenvalue weighted by Gasteiger charge is 2.29. The lowest BCUT2D eigenvalue weighted by Gasteiger charge is -2.37. The Morgan fingerprint density at radius 1 is 1.15 bits per heavy atom. The molecule has 1 aromatic carbocycles. The van der Waals surface area contributed by atoms with Gasteiger partial charge in [-0.05, 0) is 43.8 Å². The van der Waals surface area contributed by atoms with E-state index in [1.807, 2.05) is 24.9 Å². The minimum Gasteiger partial charge on any atom is -0.459 e. The van der Waals surface area contributed by atoms with Gasteiger partial charge in [-0.15, -0.1) is 0 Å². The van der Waals surface area contributed by atoms with E-state index in [1.165, 1.54) is 18.4 Å². The number of hydrogen-bond acceptors (Lipinski definition) is 4. The Bertz CT molecular complexity index is 786. The fourth-order valence-electron chi connectivity index (χ4n) is 3.20. The minimum absolute atomic E-state index is 0.0130. The molecule has 0 saturated carbocycles. The number of piperazine rings is 1. The van der Waals surface area contributed by atoms with Gasteiger partial charge in [0.1, 0.15) is 5.82 Å². The first kappa shape index (κ1) is 19.1. The van der Waals surface area contributed by atoms with E-state index in [9.17, 15) is 14.0 Å². The monoisotopic (exact) mass is 373 g/mol. The van der Waals surface area contributed by atoms with Crippen LogP contribution in [-0.2, 0) is 11.3 Å². The molecule has 144 valence electrons. The maximum absolute atomic E-state index is 13.3. The molecule has 1 unspecified atom stereocenters. The predicted octanol–water partition coefficient (Wildman–Crippen LogP) is 2.22. The van der Waals surface area contributed by atoms with Crippen LogP contribution in [-0.4, -0.2) is 65.8 Å². The topological polar surface area (TPSA) is 57.0 Å². The van der Waals surface area contributed by atoms with Crippen LogP contribution in [0.5, 0.6) is 0 Å². The maximum atomic E-state index is 13.3. The van der Waals surface area contributed by atoms with Gasteiger partial charge in [0.05, 0.1) is 12.3 Å². The number of carbonyl (C=O) groups excluding carboxylic acids is 2. The lowest BCUT2D eigenvalue weighted by atomic mass is 10.1. The van der Waals surface area contributed by atoms with E-state index >= 15 is 0 Å². The average Bonchev–Trinajstić information content (AvgIpc) is 3.21. The molecule has 2 heterocycles. The molecule has 1 aromatic heterocycles. The first-order valence-electron chi connectivity index (χ1n) is 9.02. The third-order valence-corrected chi connectivity index (χ3v) is 4.95. The molecule has 1 fully saturated rings. The quantitative estimate of drug-likeness (QED) is 0.807. The van der Waals surface area contributed by atoms with Crippen molar-refractivity contribution in [1.82, 2.24) is 14.7 Å². The molecular weight excluding hydrogens is 349 g/mol. The van der Waals surface area contributed by atoms with Crippen molar-refractivity contribution in [2.75, 3.05) is 33.2 Å². The Balaban J connectivity index is 1.53. The Morgan fingerprint density at radius 2 is 1.85 bits per heavy atom. The second kappa shape index (κ2) is 8.35. The van der Waals surface area contributed by atoms with Crippen molar-refractivity contribution < 1.29 is 18.4 Å². The van der Waals surface area contributed by atoms with E-state index in [0.717, 1.165) is 5.56 Å². The van der Waals surface area contributed by atoms with Crippen molar-refractivity contribution in [3.05, 3.63) is 59.8 Å². The summed E-state index contributed by atoms with van der Waals surface area (Å²) in [6.07, 6.45) is 1.48. The van der Waals surface area contributed by atoms with Crippen LogP contribution in [0.4, 0.5) is 4.39 Å². The summed E-state index contributed by atoms with van der Waals surface area (Å²) >= 11 is 0. The van der Waals surface area contributed by atoms with Gasteiger partial charge in [0.15, 0.2) is 5.76 Å². The molecule has 1 saturated heterocycles. The Kier molecular flexibility index (Phi) is 5.91. The summed E-state index contributed by atoms with van der Waals surface area (Å²) in [6.45, 7) is 4.27. The molecule has 0 bridgehead atoms. The van der Waals surface area contributed by atoms with Gasteiger partial charge in [-0.2, -0.15) is 0 Å². The molecule has 2 amide bonds. The smallest absolute Gasteiger partial charge is 0.289 e. The third-order valence-electron chi connectivity index (χ3n) is 4.95. The molecule has 27 heavy (non-hydrogen) atoms. The Morgan fingerprint density at radius 3 is 2.48 bits per heavy atom. The van der Waals surface area contributed by atoms with E-state index in [4.69, 9.17) is 4.42 Å². The fraction of sp³-hybridized carbons (Fsp3) is 0.400. The summed E-state index contributed by atoms with van der Waals surface area (Å²) < 4.78 is 18.5. The molecule has 0 radical (unpaired) electrons. The summed E-state index contributed by atoms with van der Waals surface area (Å²) in [6, 6.07) is 9.39. The highest BCUT2D eigenvalue weighted by Crippen LogP contribution is 2.13. The maximum Gasteiger partial charge on any atom is 0.289 e.